The normalized spacial score (nSPS) is 9.30. The van der Waals surface area contributed by atoms with Crippen LogP contribution in [0.1, 0.15) is 0 Å². The Hall–Kier alpha value is -0.550. The van der Waals surface area contributed by atoms with E-state index in [-0.39, 0.29) is 0 Å². The second kappa shape index (κ2) is 3.03. The van der Waals surface area contributed by atoms with Crippen LogP contribution in [-0.2, 0) is 0 Å². The van der Waals surface area contributed by atoms with Crippen LogP contribution in [0.2, 0.25) is 0 Å². The molecule has 1 rings (SSSR count). The summed E-state index contributed by atoms with van der Waals surface area (Å²) in [7, 11) is 0. The molecule has 0 spiro atoms. The van der Waals surface area contributed by atoms with Gasteiger partial charge in [0.25, 0.3) is 0 Å². The summed E-state index contributed by atoms with van der Waals surface area (Å²) in [5.74, 6) is 0. The molecule has 1 aromatic heterocycles. The molecule has 0 atom stereocenters. The molecule has 2 N–H and O–H groups in total. The third-order valence-corrected chi connectivity index (χ3v) is 2.34. The maximum atomic E-state index is 10.1. The zero-order chi connectivity index (χ0) is 7.56. The van der Waals surface area contributed by atoms with E-state index in [1.807, 2.05) is 0 Å². The van der Waals surface area contributed by atoms with Gasteiger partial charge < -0.3 is 5.11 Å². The lowest BCUT2D eigenvalue weighted by Gasteiger charge is -1.91. The van der Waals surface area contributed by atoms with Gasteiger partial charge in [-0.3, -0.25) is 5.32 Å². The summed E-state index contributed by atoms with van der Waals surface area (Å²) >= 11 is 4.55. The van der Waals surface area contributed by atoms with Gasteiger partial charge in [-0.1, -0.05) is 0 Å². The van der Waals surface area contributed by atoms with Gasteiger partial charge >= 0.3 is 6.09 Å². The molecule has 0 aromatic carbocycles. The van der Waals surface area contributed by atoms with Gasteiger partial charge in [-0.05, 0) is 28.1 Å². The van der Waals surface area contributed by atoms with Crippen molar-refractivity contribution < 1.29 is 9.90 Å². The molecule has 1 amide bonds. The van der Waals surface area contributed by atoms with E-state index in [9.17, 15) is 4.79 Å². The van der Waals surface area contributed by atoms with E-state index in [0.717, 1.165) is 3.79 Å². The third-order valence-electron chi connectivity index (χ3n) is 0.803. The number of carboxylic acid groups (broad SMARTS) is 1. The standard InChI is InChI=1S/C5H4BrNO2S/c6-3-1-2-4(10-3)7-5(8)9/h1-2,7H,(H,8,9). The van der Waals surface area contributed by atoms with Gasteiger partial charge in [0.05, 0.1) is 8.79 Å². The van der Waals surface area contributed by atoms with Gasteiger partial charge in [0.15, 0.2) is 0 Å². The van der Waals surface area contributed by atoms with Gasteiger partial charge in [0.1, 0.15) is 0 Å². The molecule has 0 bridgehead atoms. The lowest BCUT2D eigenvalue weighted by Crippen LogP contribution is -2.04. The van der Waals surface area contributed by atoms with Crippen LogP contribution in [-0.4, -0.2) is 11.2 Å². The van der Waals surface area contributed by atoms with Gasteiger partial charge in [0.2, 0.25) is 0 Å². The van der Waals surface area contributed by atoms with Gasteiger partial charge in [-0.15, -0.1) is 11.3 Å². The molecule has 5 heteroatoms. The summed E-state index contributed by atoms with van der Waals surface area (Å²) in [5, 5.41) is 11.1. The smallest absolute Gasteiger partial charge is 0.409 e. The molecule has 0 unspecified atom stereocenters. The van der Waals surface area contributed by atoms with Crippen molar-refractivity contribution >= 4 is 38.4 Å². The van der Waals surface area contributed by atoms with E-state index in [0.29, 0.717) is 5.00 Å². The molecule has 54 valence electrons. The highest BCUT2D eigenvalue weighted by molar-refractivity contribution is 9.11. The van der Waals surface area contributed by atoms with E-state index < -0.39 is 6.09 Å². The fraction of sp³-hybridized carbons (Fsp3) is 0. The zero-order valence-corrected chi connectivity index (χ0v) is 7.20. The van der Waals surface area contributed by atoms with E-state index in [2.05, 4.69) is 21.2 Å². The second-order valence-electron chi connectivity index (χ2n) is 1.53. The van der Waals surface area contributed by atoms with Crippen molar-refractivity contribution in [1.82, 2.24) is 0 Å². The maximum Gasteiger partial charge on any atom is 0.409 e. The maximum absolute atomic E-state index is 10.1. The second-order valence-corrected chi connectivity index (χ2v) is 4.00. The molecule has 1 aromatic rings. The van der Waals surface area contributed by atoms with Crippen molar-refractivity contribution in [1.29, 1.82) is 0 Å². The number of carbonyl (C=O) groups is 1. The van der Waals surface area contributed by atoms with E-state index in [1.165, 1.54) is 11.3 Å². The minimum absolute atomic E-state index is 0.624. The number of nitrogens with one attached hydrogen (secondary N) is 1. The molecule has 0 aliphatic rings. The SMILES string of the molecule is O=C(O)Nc1ccc(Br)s1. The first-order chi connectivity index (χ1) is 4.68. The van der Waals surface area contributed by atoms with Crippen molar-refractivity contribution in [3.8, 4) is 0 Å². The van der Waals surface area contributed by atoms with Crippen molar-refractivity contribution in [3.63, 3.8) is 0 Å². The molecule has 3 nitrogen and oxygen atoms in total. The van der Waals surface area contributed by atoms with Crippen LogP contribution in [0, 0.1) is 0 Å². The van der Waals surface area contributed by atoms with Crippen LogP contribution in [0.3, 0.4) is 0 Å². The molecular formula is C5H4BrNO2S. The predicted molar refractivity (Wildman–Crippen MR) is 43.7 cm³/mol. The van der Waals surface area contributed by atoms with Crippen LogP contribution in [0.5, 0.6) is 0 Å². The third kappa shape index (κ3) is 2.00. The molecule has 0 aliphatic heterocycles. The number of thiophene rings is 1. The minimum Gasteiger partial charge on any atom is -0.465 e. The Labute approximate surface area is 69.8 Å². The molecule has 0 saturated heterocycles. The number of rotatable bonds is 1. The number of hydrogen-bond donors (Lipinski definition) is 2. The highest BCUT2D eigenvalue weighted by atomic mass is 79.9. The first-order valence-electron chi connectivity index (χ1n) is 2.44. The Morgan fingerprint density at radius 2 is 2.40 bits per heavy atom. The number of hydrogen-bond acceptors (Lipinski definition) is 2. The lowest BCUT2D eigenvalue weighted by atomic mass is 10.6. The highest BCUT2D eigenvalue weighted by Crippen LogP contribution is 2.26. The van der Waals surface area contributed by atoms with Gasteiger partial charge in [0, 0.05) is 0 Å². The Bertz CT molecular complexity index is 248. The quantitative estimate of drug-likeness (QED) is 0.767. The van der Waals surface area contributed by atoms with Crippen LogP contribution >= 0.6 is 27.3 Å². The number of amides is 1. The molecule has 0 aliphatic carbocycles. The van der Waals surface area contributed by atoms with Crippen LogP contribution in [0.4, 0.5) is 9.80 Å². The monoisotopic (exact) mass is 221 g/mol. The van der Waals surface area contributed by atoms with E-state index in [4.69, 9.17) is 5.11 Å². The summed E-state index contributed by atoms with van der Waals surface area (Å²) < 4.78 is 0.913. The Morgan fingerprint density at radius 1 is 1.70 bits per heavy atom. The minimum atomic E-state index is -1.03. The molecule has 1 heterocycles. The Kier molecular flexibility index (Phi) is 2.29. The van der Waals surface area contributed by atoms with Gasteiger partial charge in [-0.25, -0.2) is 4.79 Å². The van der Waals surface area contributed by atoms with Crippen molar-refractivity contribution in [3.05, 3.63) is 15.9 Å². The molecule has 10 heavy (non-hydrogen) atoms. The molecule has 0 saturated carbocycles. The summed E-state index contributed by atoms with van der Waals surface area (Å²) in [6.07, 6.45) is -1.03. The van der Waals surface area contributed by atoms with Gasteiger partial charge in [-0.2, -0.15) is 0 Å². The summed E-state index contributed by atoms with van der Waals surface area (Å²) in [6, 6.07) is 3.48. The highest BCUT2D eigenvalue weighted by Gasteiger charge is 1.99. The zero-order valence-electron chi connectivity index (χ0n) is 4.80. The average molecular weight is 222 g/mol. The Morgan fingerprint density at radius 3 is 2.80 bits per heavy atom. The van der Waals surface area contributed by atoms with E-state index >= 15 is 0 Å². The fourth-order valence-electron chi connectivity index (χ4n) is 0.487. The van der Waals surface area contributed by atoms with Crippen molar-refractivity contribution in [2.45, 2.75) is 0 Å². The van der Waals surface area contributed by atoms with Crippen LogP contribution < -0.4 is 5.32 Å². The predicted octanol–water partition coefficient (Wildman–Crippen LogP) is 2.60. The fourth-order valence-corrected chi connectivity index (χ4v) is 1.76. The van der Waals surface area contributed by atoms with Crippen LogP contribution in [0.15, 0.2) is 15.9 Å². The number of anilines is 1. The molecular weight excluding hydrogens is 218 g/mol. The van der Waals surface area contributed by atoms with Crippen LogP contribution in [0.25, 0.3) is 0 Å². The summed E-state index contributed by atoms with van der Waals surface area (Å²) in [6.45, 7) is 0. The lowest BCUT2D eigenvalue weighted by molar-refractivity contribution is 0.210. The first kappa shape index (κ1) is 7.56. The molecule has 0 radical (unpaired) electrons. The molecule has 0 fully saturated rings. The van der Waals surface area contributed by atoms with E-state index in [1.54, 1.807) is 12.1 Å². The van der Waals surface area contributed by atoms with Crippen molar-refractivity contribution in [2.75, 3.05) is 5.32 Å². The average Bonchev–Trinajstić information content (AvgIpc) is 2.13. The van der Waals surface area contributed by atoms with Crippen molar-refractivity contribution in [2.24, 2.45) is 0 Å². The Balaban J connectivity index is 2.67. The topological polar surface area (TPSA) is 49.3 Å². The summed E-state index contributed by atoms with van der Waals surface area (Å²) in [5.41, 5.74) is 0. The summed E-state index contributed by atoms with van der Waals surface area (Å²) in [4.78, 5) is 10.1. The largest absolute Gasteiger partial charge is 0.465 e. The first-order valence-corrected chi connectivity index (χ1v) is 4.05. The number of halogens is 1.